The molecule has 0 aliphatic carbocycles. The molecule has 0 saturated heterocycles. The topological polar surface area (TPSA) is 38.7 Å². The molecule has 2 rings (SSSR count). The molecule has 166 valence electrons. The van der Waals surface area contributed by atoms with E-state index in [1.165, 1.54) is 113 Å². The van der Waals surface area contributed by atoms with E-state index in [4.69, 9.17) is 0 Å². The molecule has 3 nitrogen and oxygen atoms in total. The Balaban J connectivity index is 1.87. The summed E-state index contributed by atoms with van der Waals surface area (Å²) in [4.78, 5) is 12.8. The normalized spacial score (nSPS) is 11.1. The van der Waals surface area contributed by atoms with Crippen LogP contribution in [0, 0.1) is 0 Å². The third kappa shape index (κ3) is 9.82. The summed E-state index contributed by atoms with van der Waals surface area (Å²) in [6, 6.07) is 6.94. The minimum Gasteiger partial charge on any atom is -0.225 e. The number of benzene rings is 1. The van der Waals surface area contributed by atoms with Crippen LogP contribution >= 0.6 is 0 Å². The van der Waals surface area contributed by atoms with Crippen LogP contribution in [0.25, 0.3) is 11.4 Å². The molecule has 0 unspecified atom stereocenters. The number of hydrogen-bond acceptors (Lipinski definition) is 3. The van der Waals surface area contributed by atoms with Crippen LogP contribution in [0.15, 0.2) is 30.9 Å². The molecule has 0 atom stereocenters. The third-order valence-electron chi connectivity index (χ3n) is 6.02. The van der Waals surface area contributed by atoms with E-state index in [9.17, 15) is 0 Å². The van der Waals surface area contributed by atoms with Gasteiger partial charge in [0.05, 0.1) is 0 Å². The van der Waals surface area contributed by atoms with Crippen molar-refractivity contribution in [3.05, 3.63) is 42.0 Å². The molecule has 0 aliphatic heterocycles. The summed E-state index contributed by atoms with van der Waals surface area (Å²) in [5.74, 6) is 0.811. The summed E-state index contributed by atoms with van der Waals surface area (Å²) >= 11 is 0. The van der Waals surface area contributed by atoms with Crippen molar-refractivity contribution >= 4 is 0 Å². The first-order chi connectivity index (χ1) is 14.8. The lowest BCUT2D eigenvalue weighted by molar-refractivity contribution is 0.587. The fraction of sp³-hybridized carbons (Fsp3) is 0.667. The summed E-state index contributed by atoms with van der Waals surface area (Å²) in [6.07, 6.45) is 24.5. The van der Waals surface area contributed by atoms with Gasteiger partial charge in [0.25, 0.3) is 0 Å². The van der Waals surface area contributed by atoms with Crippen molar-refractivity contribution in [1.82, 2.24) is 15.0 Å². The highest BCUT2D eigenvalue weighted by Crippen LogP contribution is 2.24. The monoisotopic (exact) mass is 409 g/mol. The predicted molar refractivity (Wildman–Crippen MR) is 129 cm³/mol. The van der Waals surface area contributed by atoms with E-state index in [0.717, 1.165) is 12.2 Å². The zero-order chi connectivity index (χ0) is 21.3. The molecule has 3 heteroatoms. The van der Waals surface area contributed by atoms with Crippen molar-refractivity contribution in [3.63, 3.8) is 0 Å². The zero-order valence-corrected chi connectivity index (χ0v) is 19.5. The Bertz CT molecular complexity index is 669. The maximum atomic E-state index is 4.41. The minimum atomic E-state index is 0.811. The van der Waals surface area contributed by atoms with Crippen molar-refractivity contribution in [3.8, 4) is 11.4 Å². The maximum absolute atomic E-state index is 4.41. The van der Waals surface area contributed by atoms with E-state index in [1.807, 2.05) is 0 Å². The summed E-state index contributed by atoms with van der Waals surface area (Å²) in [6.45, 7) is 4.56. The molecule has 2 aromatic rings. The SMILES string of the molecule is CCCCCCCCCc1ccc(-c2ncncn2)c(CCCCCCCCC)c1. The Morgan fingerprint density at radius 2 is 1.13 bits per heavy atom. The molecule has 0 N–H and O–H groups in total. The average molecular weight is 410 g/mol. The van der Waals surface area contributed by atoms with E-state index >= 15 is 0 Å². The Kier molecular flexibility index (Phi) is 13.1. The molecular weight excluding hydrogens is 366 g/mol. The molecule has 0 radical (unpaired) electrons. The Hall–Kier alpha value is -1.77. The molecular formula is C27H43N3. The van der Waals surface area contributed by atoms with Gasteiger partial charge in [-0.25, -0.2) is 15.0 Å². The van der Waals surface area contributed by atoms with Gasteiger partial charge in [0.2, 0.25) is 0 Å². The quantitative estimate of drug-likeness (QED) is 0.248. The van der Waals surface area contributed by atoms with Crippen LogP contribution in [-0.2, 0) is 12.8 Å². The van der Waals surface area contributed by atoms with Crippen LogP contribution < -0.4 is 0 Å². The molecule has 30 heavy (non-hydrogen) atoms. The zero-order valence-electron chi connectivity index (χ0n) is 19.5. The molecule has 0 spiro atoms. The molecule has 0 fully saturated rings. The first kappa shape index (κ1) is 24.5. The number of aryl methyl sites for hydroxylation is 2. The second kappa shape index (κ2) is 16.0. The molecule has 1 aromatic heterocycles. The van der Waals surface area contributed by atoms with Crippen molar-refractivity contribution in [1.29, 1.82) is 0 Å². The number of unbranched alkanes of at least 4 members (excludes halogenated alkanes) is 12. The lowest BCUT2D eigenvalue weighted by Crippen LogP contribution is -1.98. The third-order valence-corrected chi connectivity index (χ3v) is 6.02. The highest BCUT2D eigenvalue weighted by Gasteiger charge is 2.09. The predicted octanol–water partition coefficient (Wildman–Crippen LogP) is 8.12. The average Bonchev–Trinajstić information content (AvgIpc) is 2.78. The van der Waals surface area contributed by atoms with Gasteiger partial charge in [0.15, 0.2) is 5.82 Å². The number of hydrogen-bond donors (Lipinski definition) is 0. The molecule has 1 heterocycles. The van der Waals surface area contributed by atoms with E-state index < -0.39 is 0 Å². The maximum Gasteiger partial charge on any atom is 0.162 e. The molecule has 0 saturated carbocycles. The Morgan fingerprint density at radius 3 is 1.73 bits per heavy atom. The number of nitrogens with zero attached hydrogens (tertiary/aromatic N) is 3. The minimum absolute atomic E-state index is 0.811. The van der Waals surface area contributed by atoms with Gasteiger partial charge in [-0.1, -0.05) is 109 Å². The Labute approximate surface area is 185 Å². The number of rotatable bonds is 17. The second-order valence-corrected chi connectivity index (χ2v) is 8.70. The van der Waals surface area contributed by atoms with Gasteiger partial charge in [-0.05, 0) is 36.8 Å². The lowest BCUT2D eigenvalue weighted by atomic mass is 9.95. The smallest absolute Gasteiger partial charge is 0.162 e. The van der Waals surface area contributed by atoms with Gasteiger partial charge in [0.1, 0.15) is 12.7 Å². The Morgan fingerprint density at radius 1 is 0.600 bits per heavy atom. The molecule has 0 aliphatic rings. The summed E-state index contributed by atoms with van der Waals surface area (Å²) in [5, 5.41) is 0. The van der Waals surface area contributed by atoms with E-state index in [1.54, 1.807) is 12.7 Å². The van der Waals surface area contributed by atoms with Gasteiger partial charge in [0, 0.05) is 5.56 Å². The van der Waals surface area contributed by atoms with Crippen LogP contribution in [-0.4, -0.2) is 15.0 Å². The van der Waals surface area contributed by atoms with Gasteiger partial charge in [-0.15, -0.1) is 0 Å². The fourth-order valence-electron chi connectivity index (χ4n) is 4.16. The summed E-state index contributed by atoms with van der Waals surface area (Å²) < 4.78 is 0. The van der Waals surface area contributed by atoms with Gasteiger partial charge in [-0.3, -0.25) is 0 Å². The van der Waals surface area contributed by atoms with Gasteiger partial charge < -0.3 is 0 Å². The molecule has 0 bridgehead atoms. The first-order valence-corrected chi connectivity index (χ1v) is 12.6. The second-order valence-electron chi connectivity index (χ2n) is 8.70. The van der Waals surface area contributed by atoms with E-state index in [0.29, 0.717) is 0 Å². The fourth-order valence-corrected chi connectivity index (χ4v) is 4.16. The first-order valence-electron chi connectivity index (χ1n) is 12.6. The standard InChI is InChI=1S/C27H43N3/c1-3-5-7-9-11-13-15-17-24-19-20-26(27-29-22-28-23-30-27)25(21-24)18-16-14-12-10-8-6-4-2/h19-23H,3-18H2,1-2H3. The van der Waals surface area contributed by atoms with Crippen molar-refractivity contribution in [2.24, 2.45) is 0 Å². The van der Waals surface area contributed by atoms with Crippen molar-refractivity contribution < 1.29 is 0 Å². The van der Waals surface area contributed by atoms with Crippen LogP contribution in [0.3, 0.4) is 0 Å². The van der Waals surface area contributed by atoms with Crippen molar-refractivity contribution in [2.75, 3.05) is 0 Å². The summed E-state index contributed by atoms with van der Waals surface area (Å²) in [5.41, 5.74) is 4.07. The molecule has 0 amide bonds. The van der Waals surface area contributed by atoms with Crippen LogP contribution in [0.1, 0.15) is 115 Å². The van der Waals surface area contributed by atoms with Crippen LogP contribution in [0.2, 0.25) is 0 Å². The van der Waals surface area contributed by atoms with Crippen LogP contribution in [0.5, 0.6) is 0 Å². The largest absolute Gasteiger partial charge is 0.225 e. The highest BCUT2D eigenvalue weighted by molar-refractivity contribution is 5.60. The van der Waals surface area contributed by atoms with Gasteiger partial charge in [-0.2, -0.15) is 0 Å². The van der Waals surface area contributed by atoms with Crippen LogP contribution in [0.4, 0.5) is 0 Å². The summed E-state index contributed by atoms with van der Waals surface area (Å²) in [7, 11) is 0. The van der Waals surface area contributed by atoms with Gasteiger partial charge >= 0.3 is 0 Å². The van der Waals surface area contributed by atoms with Crippen molar-refractivity contribution in [2.45, 2.75) is 117 Å². The lowest BCUT2D eigenvalue weighted by Gasteiger charge is -2.11. The highest BCUT2D eigenvalue weighted by atomic mass is 15.0. The van der Waals surface area contributed by atoms with E-state index in [2.05, 4.69) is 47.0 Å². The molecule has 1 aromatic carbocycles. The van der Waals surface area contributed by atoms with E-state index in [-0.39, 0.29) is 0 Å². The number of aromatic nitrogens is 3.